The SMILES string of the molecule is Cc1sc(-c2ccc(C(F)(F)F)cc2)nc1COc1ccc2c(=O)c(-c3ccc(N4CCOCC4)cc3)coc2c1. The Labute approximate surface area is 237 Å². The topological polar surface area (TPSA) is 64.8 Å². The summed E-state index contributed by atoms with van der Waals surface area (Å²) in [6.07, 6.45) is -2.91. The molecule has 1 aliphatic heterocycles. The number of alkyl halides is 3. The number of nitrogens with zero attached hydrogens (tertiary/aromatic N) is 2. The number of morpholine rings is 1. The summed E-state index contributed by atoms with van der Waals surface area (Å²) in [7, 11) is 0. The summed E-state index contributed by atoms with van der Waals surface area (Å²) < 4.78 is 55.8. The molecule has 1 fully saturated rings. The van der Waals surface area contributed by atoms with Crippen molar-refractivity contribution in [3.05, 3.63) is 99.4 Å². The van der Waals surface area contributed by atoms with E-state index in [1.807, 2.05) is 31.2 Å². The van der Waals surface area contributed by atoms with Crippen LogP contribution in [-0.2, 0) is 17.5 Å². The van der Waals surface area contributed by atoms with Crippen LogP contribution in [0.3, 0.4) is 0 Å². The van der Waals surface area contributed by atoms with Gasteiger partial charge in [-0.25, -0.2) is 4.98 Å². The first-order valence-electron chi connectivity index (χ1n) is 13.0. The molecule has 210 valence electrons. The smallest absolute Gasteiger partial charge is 0.416 e. The summed E-state index contributed by atoms with van der Waals surface area (Å²) in [5, 5.41) is 1.06. The maximum absolute atomic E-state index is 13.3. The van der Waals surface area contributed by atoms with Crippen LogP contribution in [0, 0.1) is 6.92 Å². The molecule has 0 amide bonds. The maximum atomic E-state index is 13.3. The lowest BCUT2D eigenvalue weighted by Crippen LogP contribution is -2.36. The largest absolute Gasteiger partial charge is 0.487 e. The fraction of sp³-hybridized carbons (Fsp3) is 0.226. The summed E-state index contributed by atoms with van der Waals surface area (Å²) in [5.41, 5.74) is 3.21. The Bertz CT molecular complexity index is 1740. The molecule has 41 heavy (non-hydrogen) atoms. The highest BCUT2D eigenvalue weighted by molar-refractivity contribution is 7.15. The molecule has 0 atom stereocenters. The van der Waals surface area contributed by atoms with Crippen molar-refractivity contribution in [2.24, 2.45) is 0 Å². The molecular weight excluding hydrogens is 553 g/mol. The fourth-order valence-corrected chi connectivity index (χ4v) is 5.63. The van der Waals surface area contributed by atoms with E-state index in [1.165, 1.54) is 29.7 Å². The van der Waals surface area contributed by atoms with Gasteiger partial charge in [0.15, 0.2) is 5.43 Å². The van der Waals surface area contributed by atoms with E-state index < -0.39 is 11.7 Å². The van der Waals surface area contributed by atoms with Crippen LogP contribution in [0.2, 0.25) is 0 Å². The molecule has 3 heterocycles. The third-order valence-corrected chi connectivity index (χ3v) is 8.09. The molecule has 1 saturated heterocycles. The van der Waals surface area contributed by atoms with Gasteiger partial charge in [-0.3, -0.25) is 4.79 Å². The van der Waals surface area contributed by atoms with Crippen molar-refractivity contribution in [1.29, 1.82) is 0 Å². The number of rotatable bonds is 6. The highest BCUT2D eigenvalue weighted by atomic mass is 32.1. The zero-order chi connectivity index (χ0) is 28.6. The molecule has 2 aromatic heterocycles. The number of ether oxygens (including phenoxy) is 2. The molecule has 1 aliphatic rings. The van der Waals surface area contributed by atoms with Gasteiger partial charge in [0.05, 0.1) is 35.4 Å². The quantitative estimate of drug-likeness (QED) is 0.210. The van der Waals surface area contributed by atoms with Gasteiger partial charge in [0, 0.05) is 35.3 Å². The molecule has 6 rings (SSSR count). The normalized spacial score (nSPS) is 14.0. The number of hydrogen-bond acceptors (Lipinski definition) is 7. The van der Waals surface area contributed by atoms with Crippen molar-refractivity contribution in [3.8, 4) is 27.4 Å². The van der Waals surface area contributed by atoms with Crippen LogP contribution in [0.25, 0.3) is 32.7 Å². The van der Waals surface area contributed by atoms with Crippen molar-refractivity contribution in [1.82, 2.24) is 4.98 Å². The third kappa shape index (κ3) is 5.71. The number of aryl methyl sites for hydroxylation is 1. The Kier molecular flexibility index (Phi) is 7.27. The summed E-state index contributed by atoms with van der Waals surface area (Å²) in [6.45, 7) is 5.13. The molecular formula is C31H25F3N2O4S. The summed E-state index contributed by atoms with van der Waals surface area (Å²) >= 11 is 1.39. The predicted octanol–water partition coefficient (Wildman–Crippen LogP) is 7.33. The van der Waals surface area contributed by atoms with E-state index in [2.05, 4.69) is 9.88 Å². The third-order valence-electron chi connectivity index (χ3n) is 7.03. The average Bonchev–Trinajstić information content (AvgIpc) is 3.36. The predicted molar refractivity (Wildman–Crippen MR) is 153 cm³/mol. The van der Waals surface area contributed by atoms with E-state index in [1.54, 1.807) is 18.2 Å². The fourth-order valence-electron chi connectivity index (χ4n) is 4.71. The van der Waals surface area contributed by atoms with E-state index in [0.29, 0.717) is 51.8 Å². The van der Waals surface area contributed by atoms with Gasteiger partial charge < -0.3 is 18.8 Å². The van der Waals surface area contributed by atoms with E-state index in [0.717, 1.165) is 41.4 Å². The minimum atomic E-state index is -4.38. The first-order chi connectivity index (χ1) is 19.8. The maximum Gasteiger partial charge on any atom is 0.416 e. The second-order valence-electron chi connectivity index (χ2n) is 9.67. The number of fused-ring (bicyclic) bond motifs is 1. The molecule has 0 aliphatic carbocycles. The van der Waals surface area contributed by atoms with E-state index in [4.69, 9.17) is 13.9 Å². The van der Waals surface area contributed by atoms with Gasteiger partial charge in [-0.15, -0.1) is 11.3 Å². The van der Waals surface area contributed by atoms with Gasteiger partial charge in [-0.05, 0) is 48.9 Å². The Hall–Kier alpha value is -4.15. The number of halogens is 3. The lowest BCUT2D eigenvalue weighted by atomic mass is 10.0. The van der Waals surface area contributed by atoms with E-state index in [-0.39, 0.29) is 12.0 Å². The van der Waals surface area contributed by atoms with Crippen LogP contribution in [-0.4, -0.2) is 31.3 Å². The van der Waals surface area contributed by atoms with Crippen molar-refractivity contribution in [3.63, 3.8) is 0 Å². The molecule has 5 aromatic rings. The van der Waals surface area contributed by atoms with Crippen molar-refractivity contribution < 1.29 is 27.1 Å². The number of benzene rings is 3. The van der Waals surface area contributed by atoms with Crippen LogP contribution in [0.1, 0.15) is 16.1 Å². The van der Waals surface area contributed by atoms with Gasteiger partial charge in [0.1, 0.15) is 29.2 Å². The highest BCUT2D eigenvalue weighted by Crippen LogP contribution is 2.33. The Balaban J connectivity index is 1.16. The Morgan fingerprint density at radius 3 is 2.39 bits per heavy atom. The number of hydrogen-bond donors (Lipinski definition) is 0. The second kappa shape index (κ2) is 11.0. The van der Waals surface area contributed by atoms with Crippen molar-refractivity contribution in [2.45, 2.75) is 19.7 Å². The molecule has 0 bridgehead atoms. The highest BCUT2D eigenvalue weighted by Gasteiger charge is 2.30. The molecule has 0 saturated carbocycles. The van der Waals surface area contributed by atoms with Crippen LogP contribution in [0.15, 0.2) is 82.2 Å². The first kappa shape index (κ1) is 27.0. The summed E-state index contributed by atoms with van der Waals surface area (Å²) in [6, 6.07) is 17.9. The molecule has 0 radical (unpaired) electrons. The van der Waals surface area contributed by atoms with Crippen LogP contribution in [0.5, 0.6) is 5.75 Å². The van der Waals surface area contributed by atoms with Gasteiger partial charge in [-0.2, -0.15) is 13.2 Å². The molecule has 0 N–H and O–H groups in total. The lowest BCUT2D eigenvalue weighted by Gasteiger charge is -2.28. The second-order valence-corrected chi connectivity index (χ2v) is 10.9. The first-order valence-corrected chi connectivity index (χ1v) is 13.8. The average molecular weight is 579 g/mol. The molecule has 6 nitrogen and oxygen atoms in total. The summed E-state index contributed by atoms with van der Waals surface area (Å²) in [5.74, 6) is 0.506. The zero-order valence-electron chi connectivity index (χ0n) is 22.0. The summed E-state index contributed by atoms with van der Waals surface area (Å²) in [4.78, 5) is 21.0. The molecule has 3 aromatic carbocycles. The van der Waals surface area contributed by atoms with Crippen LogP contribution in [0.4, 0.5) is 18.9 Å². The number of thiazole rings is 1. The molecule has 10 heteroatoms. The molecule has 0 spiro atoms. The van der Waals surface area contributed by atoms with E-state index in [9.17, 15) is 18.0 Å². The Morgan fingerprint density at radius 2 is 1.68 bits per heavy atom. The monoisotopic (exact) mass is 578 g/mol. The lowest BCUT2D eigenvalue weighted by molar-refractivity contribution is -0.137. The van der Waals surface area contributed by atoms with E-state index >= 15 is 0 Å². The molecule has 0 unspecified atom stereocenters. The van der Waals surface area contributed by atoms with Crippen molar-refractivity contribution in [2.75, 3.05) is 31.2 Å². The van der Waals surface area contributed by atoms with Gasteiger partial charge in [-0.1, -0.05) is 24.3 Å². The minimum Gasteiger partial charge on any atom is -0.487 e. The van der Waals surface area contributed by atoms with Crippen LogP contribution < -0.4 is 15.1 Å². The van der Waals surface area contributed by atoms with Gasteiger partial charge in [0.25, 0.3) is 0 Å². The minimum absolute atomic E-state index is 0.131. The standard InChI is InChI=1S/C31H25F3N2O4S/c1-19-27(35-30(41-19)21-2-6-22(7-3-21)31(32,33)34)18-39-24-10-11-25-28(16-24)40-17-26(29(25)37)20-4-8-23(9-5-20)36-12-14-38-15-13-36/h2-11,16-17H,12-15,18H2,1H3. The zero-order valence-corrected chi connectivity index (χ0v) is 22.8. The Morgan fingerprint density at radius 1 is 0.976 bits per heavy atom. The van der Waals surface area contributed by atoms with Gasteiger partial charge in [0.2, 0.25) is 0 Å². The van der Waals surface area contributed by atoms with Crippen molar-refractivity contribution >= 4 is 28.0 Å². The van der Waals surface area contributed by atoms with Gasteiger partial charge >= 0.3 is 6.18 Å². The number of aromatic nitrogens is 1. The van der Waals surface area contributed by atoms with Crippen LogP contribution >= 0.6 is 11.3 Å². The number of anilines is 1.